The maximum absolute atomic E-state index is 10.8. The Morgan fingerprint density at radius 2 is 2.35 bits per heavy atom. The molecule has 2 aromatic heterocycles. The van der Waals surface area contributed by atoms with E-state index < -0.39 is 0 Å². The van der Waals surface area contributed by atoms with Gasteiger partial charge in [0, 0.05) is 23.5 Å². The average molecular weight is 296 g/mol. The minimum absolute atomic E-state index is 0.101. The zero-order valence-electron chi connectivity index (χ0n) is 9.18. The molecule has 0 N–H and O–H groups in total. The number of rotatable bonds is 4. The van der Waals surface area contributed by atoms with Crippen molar-refractivity contribution in [2.45, 2.75) is 19.8 Å². The molecule has 0 unspecified atom stereocenters. The van der Waals surface area contributed by atoms with E-state index in [1.54, 1.807) is 6.20 Å². The summed E-state index contributed by atoms with van der Waals surface area (Å²) in [6, 6.07) is 3.66. The maximum atomic E-state index is 10.8. The summed E-state index contributed by atoms with van der Waals surface area (Å²) in [5, 5.41) is 3.84. The zero-order valence-corrected chi connectivity index (χ0v) is 10.8. The van der Waals surface area contributed by atoms with E-state index in [1.807, 2.05) is 12.1 Å². The second-order valence-electron chi connectivity index (χ2n) is 3.55. The Kier molecular flexibility index (Phi) is 3.63. The van der Waals surface area contributed by atoms with Gasteiger partial charge in [-0.05, 0) is 35.0 Å². The van der Waals surface area contributed by atoms with Crippen LogP contribution in [0.5, 0.6) is 0 Å². The van der Waals surface area contributed by atoms with Crippen molar-refractivity contribution in [3.8, 4) is 11.5 Å². The predicted octanol–water partition coefficient (Wildman–Crippen LogP) is 2.42. The SMILES string of the molecule is CC(=O)CCc1nc(-c2ncccc2Br)no1. The molecule has 2 aromatic rings. The Morgan fingerprint density at radius 3 is 3.06 bits per heavy atom. The van der Waals surface area contributed by atoms with Crippen LogP contribution in [0.3, 0.4) is 0 Å². The highest BCUT2D eigenvalue weighted by atomic mass is 79.9. The molecule has 0 saturated heterocycles. The number of ketones is 1. The van der Waals surface area contributed by atoms with Gasteiger partial charge in [-0.2, -0.15) is 4.98 Å². The van der Waals surface area contributed by atoms with Crippen LogP contribution in [0.2, 0.25) is 0 Å². The number of Topliss-reactive ketones (excluding diaryl/α,β-unsaturated/α-hetero) is 1. The minimum Gasteiger partial charge on any atom is -0.339 e. The first-order valence-corrected chi connectivity index (χ1v) is 5.89. The Labute approximate surface area is 106 Å². The molecule has 17 heavy (non-hydrogen) atoms. The summed E-state index contributed by atoms with van der Waals surface area (Å²) in [4.78, 5) is 19.2. The van der Waals surface area contributed by atoms with Crippen molar-refractivity contribution in [2.24, 2.45) is 0 Å². The highest BCUT2D eigenvalue weighted by Crippen LogP contribution is 2.22. The smallest absolute Gasteiger partial charge is 0.227 e. The molecule has 0 radical (unpaired) electrons. The zero-order chi connectivity index (χ0) is 12.3. The monoisotopic (exact) mass is 295 g/mol. The molecule has 0 aliphatic carbocycles. The molecule has 88 valence electrons. The third kappa shape index (κ3) is 2.97. The van der Waals surface area contributed by atoms with E-state index in [4.69, 9.17) is 4.52 Å². The van der Waals surface area contributed by atoms with Gasteiger partial charge in [-0.1, -0.05) is 5.16 Å². The summed E-state index contributed by atoms with van der Waals surface area (Å²) in [6.07, 6.45) is 2.53. The van der Waals surface area contributed by atoms with Crippen molar-refractivity contribution >= 4 is 21.7 Å². The Bertz CT molecular complexity index is 539. The number of pyridine rings is 1. The van der Waals surface area contributed by atoms with Crippen molar-refractivity contribution in [1.82, 2.24) is 15.1 Å². The summed E-state index contributed by atoms with van der Waals surface area (Å²) in [5.41, 5.74) is 0.630. The topological polar surface area (TPSA) is 68.9 Å². The summed E-state index contributed by atoms with van der Waals surface area (Å²) >= 11 is 3.37. The largest absolute Gasteiger partial charge is 0.339 e. The van der Waals surface area contributed by atoms with Gasteiger partial charge in [-0.3, -0.25) is 4.98 Å². The van der Waals surface area contributed by atoms with Crippen LogP contribution in [-0.4, -0.2) is 20.9 Å². The van der Waals surface area contributed by atoms with E-state index in [1.165, 1.54) is 6.92 Å². The minimum atomic E-state index is 0.101. The molecule has 0 spiro atoms. The molecule has 0 amide bonds. The fraction of sp³-hybridized carbons (Fsp3) is 0.273. The van der Waals surface area contributed by atoms with Crippen LogP contribution in [0, 0.1) is 0 Å². The van der Waals surface area contributed by atoms with Crippen molar-refractivity contribution in [2.75, 3.05) is 0 Å². The van der Waals surface area contributed by atoms with Gasteiger partial charge in [0.05, 0.1) is 0 Å². The first-order chi connectivity index (χ1) is 8.16. The molecule has 0 atom stereocenters. The van der Waals surface area contributed by atoms with E-state index in [0.29, 0.717) is 30.3 Å². The van der Waals surface area contributed by atoms with Crippen LogP contribution in [0.4, 0.5) is 0 Å². The van der Waals surface area contributed by atoms with Crippen molar-refractivity contribution in [1.29, 1.82) is 0 Å². The second-order valence-corrected chi connectivity index (χ2v) is 4.40. The maximum Gasteiger partial charge on any atom is 0.227 e. The molecular formula is C11H10BrN3O2. The summed E-state index contributed by atoms with van der Waals surface area (Å²) in [6.45, 7) is 1.53. The average Bonchev–Trinajstić information content (AvgIpc) is 2.75. The Balaban J connectivity index is 2.18. The highest BCUT2D eigenvalue weighted by Gasteiger charge is 2.12. The van der Waals surface area contributed by atoms with Crippen LogP contribution >= 0.6 is 15.9 Å². The van der Waals surface area contributed by atoms with Gasteiger partial charge >= 0.3 is 0 Å². The van der Waals surface area contributed by atoms with Gasteiger partial charge in [0.25, 0.3) is 0 Å². The van der Waals surface area contributed by atoms with Crippen LogP contribution in [0.15, 0.2) is 27.3 Å². The van der Waals surface area contributed by atoms with E-state index in [9.17, 15) is 4.79 Å². The van der Waals surface area contributed by atoms with E-state index in [-0.39, 0.29) is 5.78 Å². The molecule has 0 aromatic carbocycles. The lowest BCUT2D eigenvalue weighted by Crippen LogP contribution is -1.94. The number of carbonyl (C=O) groups is 1. The number of halogens is 1. The molecule has 0 aliphatic rings. The predicted molar refractivity (Wildman–Crippen MR) is 64.2 cm³/mol. The Morgan fingerprint density at radius 1 is 1.53 bits per heavy atom. The third-order valence-electron chi connectivity index (χ3n) is 2.13. The molecule has 5 nitrogen and oxygen atoms in total. The fourth-order valence-electron chi connectivity index (χ4n) is 1.29. The molecule has 6 heteroatoms. The van der Waals surface area contributed by atoms with Gasteiger partial charge in [0.1, 0.15) is 11.5 Å². The third-order valence-corrected chi connectivity index (χ3v) is 2.77. The van der Waals surface area contributed by atoms with Gasteiger partial charge in [-0.15, -0.1) is 0 Å². The molecule has 0 saturated carbocycles. The second kappa shape index (κ2) is 5.18. The number of aryl methyl sites for hydroxylation is 1. The summed E-state index contributed by atoms with van der Waals surface area (Å²) in [5.74, 6) is 0.979. The van der Waals surface area contributed by atoms with Crippen LogP contribution < -0.4 is 0 Å². The summed E-state index contributed by atoms with van der Waals surface area (Å²) < 4.78 is 5.85. The van der Waals surface area contributed by atoms with Crippen molar-refractivity contribution in [3.05, 3.63) is 28.7 Å². The fourth-order valence-corrected chi connectivity index (χ4v) is 1.72. The van der Waals surface area contributed by atoms with E-state index in [0.717, 1.165) is 4.47 Å². The van der Waals surface area contributed by atoms with E-state index in [2.05, 4.69) is 31.1 Å². The number of hydrogen-bond acceptors (Lipinski definition) is 5. The van der Waals surface area contributed by atoms with Crippen LogP contribution in [-0.2, 0) is 11.2 Å². The first-order valence-electron chi connectivity index (χ1n) is 5.09. The standard InChI is InChI=1S/C11H10BrN3O2/c1-7(16)4-5-9-14-11(15-17-9)10-8(12)3-2-6-13-10/h2-3,6H,4-5H2,1H3. The normalized spacial score (nSPS) is 10.5. The lowest BCUT2D eigenvalue weighted by molar-refractivity contribution is -0.117. The van der Waals surface area contributed by atoms with Crippen molar-refractivity contribution in [3.63, 3.8) is 0 Å². The molecule has 0 bridgehead atoms. The van der Waals surface area contributed by atoms with Gasteiger partial charge < -0.3 is 9.32 Å². The molecule has 2 heterocycles. The quantitative estimate of drug-likeness (QED) is 0.866. The number of carbonyl (C=O) groups excluding carboxylic acids is 1. The number of hydrogen-bond donors (Lipinski definition) is 0. The Hall–Kier alpha value is -1.56. The molecule has 2 rings (SSSR count). The van der Waals surface area contributed by atoms with Gasteiger partial charge in [-0.25, -0.2) is 0 Å². The first kappa shape index (κ1) is 11.9. The lowest BCUT2D eigenvalue weighted by Gasteiger charge is -1.95. The molecular weight excluding hydrogens is 286 g/mol. The van der Waals surface area contributed by atoms with Crippen LogP contribution in [0.25, 0.3) is 11.5 Å². The number of nitrogens with zero attached hydrogens (tertiary/aromatic N) is 3. The highest BCUT2D eigenvalue weighted by molar-refractivity contribution is 9.10. The van der Waals surface area contributed by atoms with E-state index >= 15 is 0 Å². The van der Waals surface area contributed by atoms with Crippen molar-refractivity contribution < 1.29 is 9.32 Å². The van der Waals surface area contributed by atoms with Crippen LogP contribution in [0.1, 0.15) is 19.2 Å². The summed E-state index contributed by atoms with van der Waals surface area (Å²) in [7, 11) is 0. The molecule has 0 fully saturated rings. The molecule has 0 aliphatic heterocycles. The number of aromatic nitrogens is 3. The lowest BCUT2D eigenvalue weighted by atomic mass is 10.2. The van der Waals surface area contributed by atoms with Gasteiger partial charge in [0.15, 0.2) is 0 Å². The van der Waals surface area contributed by atoms with Gasteiger partial charge in [0.2, 0.25) is 11.7 Å².